The van der Waals surface area contributed by atoms with Gasteiger partial charge in [-0.15, -0.1) is 0 Å². The molecule has 2 amide bonds. The highest BCUT2D eigenvalue weighted by atomic mass is 35.5. The maximum Gasteiger partial charge on any atom is 0.308 e. The number of primary amides is 1. The molecule has 0 aromatic heterocycles. The Hall–Kier alpha value is -2.08. The van der Waals surface area contributed by atoms with Gasteiger partial charge in [0.25, 0.3) is 5.91 Å². The SMILES string of the molecule is CCOC(=O)C[C@@H](NC(=O)c1ccc(Cl)cc1)C(N)=O. The van der Waals surface area contributed by atoms with Gasteiger partial charge in [-0.3, -0.25) is 14.4 Å². The summed E-state index contributed by atoms with van der Waals surface area (Å²) in [6, 6.07) is 4.97. The van der Waals surface area contributed by atoms with E-state index in [1.807, 2.05) is 0 Å². The summed E-state index contributed by atoms with van der Waals surface area (Å²) < 4.78 is 4.71. The summed E-state index contributed by atoms with van der Waals surface area (Å²) in [7, 11) is 0. The minimum Gasteiger partial charge on any atom is -0.466 e. The second-order valence-electron chi connectivity index (χ2n) is 3.94. The van der Waals surface area contributed by atoms with E-state index in [9.17, 15) is 14.4 Å². The Morgan fingerprint density at radius 1 is 1.30 bits per heavy atom. The summed E-state index contributed by atoms with van der Waals surface area (Å²) >= 11 is 5.71. The lowest BCUT2D eigenvalue weighted by molar-refractivity contribution is -0.145. The van der Waals surface area contributed by atoms with Crippen molar-refractivity contribution in [3.63, 3.8) is 0 Å². The van der Waals surface area contributed by atoms with Crippen molar-refractivity contribution in [3.8, 4) is 0 Å². The van der Waals surface area contributed by atoms with Crippen LogP contribution < -0.4 is 11.1 Å². The van der Waals surface area contributed by atoms with Gasteiger partial charge in [-0.25, -0.2) is 0 Å². The minimum atomic E-state index is -1.11. The topological polar surface area (TPSA) is 98.5 Å². The first kappa shape index (κ1) is 16.0. The highest BCUT2D eigenvalue weighted by Crippen LogP contribution is 2.09. The molecule has 0 spiro atoms. The lowest BCUT2D eigenvalue weighted by Crippen LogP contribution is -2.45. The number of esters is 1. The molecule has 1 aromatic rings. The third-order valence-corrected chi connectivity index (χ3v) is 2.68. The van der Waals surface area contributed by atoms with Gasteiger partial charge in [0.15, 0.2) is 0 Å². The average molecular weight is 299 g/mol. The van der Waals surface area contributed by atoms with Crippen molar-refractivity contribution in [2.24, 2.45) is 5.73 Å². The molecule has 20 heavy (non-hydrogen) atoms. The Morgan fingerprint density at radius 3 is 2.40 bits per heavy atom. The van der Waals surface area contributed by atoms with E-state index in [1.165, 1.54) is 12.1 Å². The number of hydrogen-bond donors (Lipinski definition) is 2. The summed E-state index contributed by atoms with van der Waals surface area (Å²) in [6.45, 7) is 1.83. The number of amides is 2. The molecule has 1 rings (SSSR count). The van der Waals surface area contributed by atoms with Crippen molar-refractivity contribution in [1.82, 2.24) is 5.32 Å². The van der Waals surface area contributed by atoms with Crippen molar-refractivity contribution >= 4 is 29.4 Å². The van der Waals surface area contributed by atoms with Crippen LogP contribution >= 0.6 is 11.6 Å². The van der Waals surface area contributed by atoms with Crippen LogP contribution in [-0.2, 0) is 14.3 Å². The fourth-order valence-corrected chi connectivity index (χ4v) is 1.58. The number of halogens is 1. The van der Waals surface area contributed by atoms with E-state index in [-0.39, 0.29) is 13.0 Å². The van der Waals surface area contributed by atoms with Gasteiger partial charge in [-0.2, -0.15) is 0 Å². The number of rotatable bonds is 6. The Bertz CT molecular complexity index is 502. The second kappa shape index (κ2) is 7.49. The zero-order chi connectivity index (χ0) is 15.1. The van der Waals surface area contributed by atoms with Crippen molar-refractivity contribution < 1.29 is 19.1 Å². The second-order valence-corrected chi connectivity index (χ2v) is 4.38. The largest absolute Gasteiger partial charge is 0.466 e. The van der Waals surface area contributed by atoms with Gasteiger partial charge < -0.3 is 15.8 Å². The summed E-state index contributed by atoms with van der Waals surface area (Å²) in [5, 5.41) is 2.87. The van der Waals surface area contributed by atoms with Gasteiger partial charge in [0.2, 0.25) is 5.91 Å². The Kier molecular flexibility index (Phi) is 5.99. The number of nitrogens with one attached hydrogen (secondary N) is 1. The number of carbonyl (C=O) groups excluding carboxylic acids is 3. The normalized spacial score (nSPS) is 11.5. The van der Waals surface area contributed by atoms with Crippen molar-refractivity contribution in [2.75, 3.05) is 6.61 Å². The maximum atomic E-state index is 11.9. The third-order valence-electron chi connectivity index (χ3n) is 2.43. The zero-order valence-corrected chi connectivity index (χ0v) is 11.6. The minimum absolute atomic E-state index is 0.190. The molecule has 108 valence electrons. The van der Waals surface area contributed by atoms with Gasteiger partial charge in [0, 0.05) is 10.6 Å². The van der Waals surface area contributed by atoms with Crippen LogP contribution in [0.4, 0.5) is 0 Å². The van der Waals surface area contributed by atoms with E-state index < -0.39 is 23.8 Å². The standard InChI is InChI=1S/C13H15ClN2O4/c1-2-20-11(17)7-10(12(15)18)16-13(19)8-3-5-9(14)6-4-8/h3-6,10H,2,7H2,1H3,(H2,15,18)(H,16,19)/t10-/m1/s1. The van der Waals surface area contributed by atoms with Crippen LogP contribution in [0.15, 0.2) is 24.3 Å². The van der Waals surface area contributed by atoms with E-state index in [0.29, 0.717) is 10.6 Å². The summed E-state index contributed by atoms with van der Waals surface area (Å²) in [6.07, 6.45) is -0.303. The molecule has 3 N–H and O–H groups in total. The average Bonchev–Trinajstić information content (AvgIpc) is 2.38. The van der Waals surface area contributed by atoms with E-state index in [0.717, 1.165) is 0 Å². The Balaban J connectivity index is 2.70. The molecule has 0 unspecified atom stereocenters. The molecule has 0 aliphatic rings. The predicted molar refractivity (Wildman–Crippen MR) is 73.2 cm³/mol. The first-order valence-electron chi connectivity index (χ1n) is 5.95. The fraction of sp³-hybridized carbons (Fsp3) is 0.308. The molecule has 0 aliphatic heterocycles. The van der Waals surface area contributed by atoms with Crippen LogP contribution in [0.25, 0.3) is 0 Å². The Labute approximate surface area is 121 Å². The summed E-state index contributed by atoms with van der Waals surface area (Å²) in [5.41, 5.74) is 5.46. The van der Waals surface area contributed by atoms with Crippen molar-refractivity contribution in [3.05, 3.63) is 34.9 Å². The molecule has 1 aromatic carbocycles. The number of hydrogen-bond acceptors (Lipinski definition) is 4. The van der Waals surface area contributed by atoms with Crippen molar-refractivity contribution in [1.29, 1.82) is 0 Å². The summed E-state index contributed by atoms with van der Waals surface area (Å²) in [5.74, 6) is -1.93. The first-order valence-corrected chi connectivity index (χ1v) is 6.33. The van der Waals surface area contributed by atoms with Gasteiger partial charge in [0.1, 0.15) is 6.04 Å². The number of carbonyl (C=O) groups is 3. The molecule has 0 saturated heterocycles. The molecule has 0 bridgehead atoms. The number of benzene rings is 1. The number of ether oxygens (including phenoxy) is 1. The quantitative estimate of drug-likeness (QED) is 0.762. The zero-order valence-electron chi connectivity index (χ0n) is 10.9. The van der Waals surface area contributed by atoms with Crippen LogP contribution in [-0.4, -0.2) is 30.4 Å². The van der Waals surface area contributed by atoms with Gasteiger partial charge >= 0.3 is 5.97 Å². The molecule has 0 fully saturated rings. The molecule has 6 nitrogen and oxygen atoms in total. The van der Waals surface area contributed by atoms with Crippen LogP contribution in [0, 0.1) is 0 Å². The molecular formula is C13H15ClN2O4. The fourth-order valence-electron chi connectivity index (χ4n) is 1.45. The van der Waals surface area contributed by atoms with Crippen LogP contribution in [0.2, 0.25) is 5.02 Å². The van der Waals surface area contributed by atoms with Gasteiger partial charge in [-0.05, 0) is 31.2 Å². The molecule has 0 saturated carbocycles. The van der Waals surface area contributed by atoms with Gasteiger partial charge in [0.05, 0.1) is 13.0 Å². The van der Waals surface area contributed by atoms with Crippen LogP contribution in [0.1, 0.15) is 23.7 Å². The number of nitrogens with two attached hydrogens (primary N) is 1. The molecule has 1 atom stereocenters. The van der Waals surface area contributed by atoms with E-state index >= 15 is 0 Å². The highest BCUT2D eigenvalue weighted by Gasteiger charge is 2.22. The lowest BCUT2D eigenvalue weighted by atomic mass is 10.1. The van der Waals surface area contributed by atoms with Crippen molar-refractivity contribution in [2.45, 2.75) is 19.4 Å². The van der Waals surface area contributed by atoms with Crippen LogP contribution in [0.5, 0.6) is 0 Å². The summed E-state index contributed by atoms with van der Waals surface area (Å²) in [4.78, 5) is 34.5. The molecular weight excluding hydrogens is 284 g/mol. The lowest BCUT2D eigenvalue weighted by Gasteiger charge is -2.14. The smallest absolute Gasteiger partial charge is 0.308 e. The maximum absolute atomic E-state index is 11.9. The molecule has 0 radical (unpaired) electrons. The molecule has 0 heterocycles. The van der Waals surface area contributed by atoms with E-state index in [4.69, 9.17) is 22.1 Å². The van der Waals surface area contributed by atoms with E-state index in [2.05, 4.69) is 5.32 Å². The molecule has 7 heteroatoms. The van der Waals surface area contributed by atoms with Gasteiger partial charge in [-0.1, -0.05) is 11.6 Å². The monoisotopic (exact) mass is 298 g/mol. The first-order chi connectivity index (χ1) is 9.43. The Morgan fingerprint density at radius 2 is 1.90 bits per heavy atom. The highest BCUT2D eigenvalue weighted by molar-refractivity contribution is 6.30. The van der Waals surface area contributed by atoms with Crippen LogP contribution in [0.3, 0.4) is 0 Å². The molecule has 0 aliphatic carbocycles. The predicted octanol–water partition coefficient (Wildman–Crippen LogP) is 0.877. The van der Waals surface area contributed by atoms with E-state index in [1.54, 1.807) is 19.1 Å². The third kappa shape index (κ3) is 4.89.